The largest absolute Gasteiger partial charge is 0.419 e. The number of nitriles is 1. The molecule has 4 heteroatoms. The van der Waals surface area contributed by atoms with E-state index in [-0.39, 0.29) is 5.69 Å². The molecule has 2 aromatic carbocycles. The van der Waals surface area contributed by atoms with Crippen LogP contribution in [0.2, 0.25) is 0 Å². The molecule has 0 spiro atoms. The Labute approximate surface area is 141 Å². The molecule has 3 rings (SSSR count). The first kappa shape index (κ1) is 15.8. The molecule has 0 aliphatic rings. The van der Waals surface area contributed by atoms with Crippen LogP contribution in [0.3, 0.4) is 0 Å². The van der Waals surface area contributed by atoms with E-state index in [1.807, 2.05) is 42.5 Å². The third-order valence-electron chi connectivity index (χ3n) is 4.04. The molecule has 0 aliphatic carbocycles. The fraction of sp³-hybridized carbons (Fsp3) is 0.200. The molecule has 3 aromatic rings. The Balaban J connectivity index is 1.77. The minimum atomic E-state index is 0.283. The van der Waals surface area contributed by atoms with Crippen LogP contribution in [-0.2, 0) is 0 Å². The standard InChI is InChI=1S/C20H19N3O/c1-14-8-6-7-11-17(14)15(2)13-22-20-18(12-21)23-19(24-20)16-9-4-3-5-10-16/h3-11,15,22H,13H2,1-2H3/t15-/m1/s1. The Kier molecular flexibility index (Phi) is 4.62. The highest BCUT2D eigenvalue weighted by molar-refractivity contribution is 5.58. The Morgan fingerprint density at radius 2 is 1.83 bits per heavy atom. The topological polar surface area (TPSA) is 61.9 Å². The number of rotatable bonds is 5. The second kappa shape index (κ2) is 7.01. The summed E-state index contributed by atoms with van der Waals surface area (Å²) in [6.45, 7) is 4.92. The van der Waals surface area contributed by atoms with Crippen LogP contribution in [0.5, 0.6) is 0 Å². The van der Waals surface area contributed by atoms with E-state index < -0.39 is 0 Å². The smallest absolute Gasteiger partial charge is 0.232 e. The minimum absolute atomic E-state index is 0.283. The lowest BCUT2D eigenvalue weighted by molar-refractivity contribution is 0.581. The van der Waals surface area contributed by atoms with Crippen molar-refractivity contribution in [3.63, 3.8) is 0 Å². The number of aromatic nitrogens is 1. The molecule has 1 aromatic heterocycles. The molecule has 1 N–H and O–H groups in total. The van der Waals surface area contributed by atoms with E-state index in [1.54, 1.807) is 0 Å². The number of hydrogen-bond donors (Lipinski definition) is 1. The van der Waals surface area contributed by atoms with Crippen LogP contribution in [0.4, 0.5) is 5.88 Å². The summed E-state index contributed by atoms with van der Waals surface area (Å²) in [5.41, 5.74) is 3.68. The number of nitrogens with one attached hydrogen (secondary N) is 1. The monoisotopic (exact) mass is 317 g/mol. The van der Waals surface area contributed by atoms with Gasteiger partial charge in [0.1, 0.15) is 6.07 Å². The minimum Gasteiger partial charge on any atom is -0.419 e. The number of aryl methyl sites for hydroxylation is 1. The van der Waals surface area contributed by atoms with Gasteiger partial charge in [0.25, 0.3) is 0 Å². The van der Waals surface area contributed by atoms with Gasteiger partial charge in [-0.25, -0.2) is 0 Å². The molecule has 4 nitrogen and oxygen atoms in total. The second-order valence-electron chi connectivity index (χ2n) is 5.81. The van der Waals surface area contributed by atoms with E-state index in [9.17, 15) is 5.26 Å². The van der Waals surface area contributed by atoms with Crippen molar-refractivity contribution < 1.29 is 4.42 Å². The lowest BCUT2D eigenvalue weighted by Gasteiger charge is -2.15. The maximum Gasteiger partial charge on any atom is 0.232 e. The van der Waals surface area contributed by atoms with Crippen LogP contribution in [0.25, 0.3) is 11.5 Å². The van der Waals surface area contributed by atoms with Gasteiger partial charge in [-0.3, -0.25) is 0 Å². The third-order valence-corrected chi connectivity index (χ3v) is 4.04. The van der Waals surface area contributed by atoms with Crippen LogP contribution in [0.15, 0.2) is 59.0 Å². The first-order valence-electron chi connectivity index (χ1n) is 7.94. The predicted octanol–water partition coefficient (Wildman–Crippen LogP) is 4.74. The zero-order valence-corrected chi connectivity index (χ0v) is 13.8. The van der Waals surface area contributed by atoms with Crippen molar-refractivity contribution in [2.75, 3.05) is 11.9 Å². The lowest BCUT2D eigenvalue weighted by Crippen LogP contribution is -2.11. The fourth-order valence-corrected chi connectivity index (χ4v) is 2.72. The summed E-state index contributed by atoms with van der Waals surface area (Å²) in [4.78, 5) is 4.28. The highest BCUT2D eigenvalue weighted by Gasteiger charge is 2.16. The summed E-state index contributed by atoms with van der Waals surface area (Å²) >= 11 is 0. The summed E-state index contributed by atoms with van der Waals surface area (Å²) in [5, 5.41) is 12.5. The van der Waals surface area contributed by atoms with Crippen molar-refractivity contribution in [3.8, 4) is 17.5 Å². The molecule has 0 bridgehead atoms. The van der Waals surface area contributed by atoms with Crippen molar-refractivity contribution in [1.82, 2.24) is 4.98 Å². The van der Waals surface area contributed by atoms with Crippen molar-refractivity contribution in [3.05, 3.63) is 71.4 Å². The van der Waals surface area contributed by atoms with E-state index in [0.29, 0.717) is 24.2 Å². The van der Waals surface area contributed by atoms with E-state index >= 15 is 0 Å². The van der Waals surface area contributed by atoms with Gasteiger partial charge >= 0.3 is 0 Å². The van der Waals surface area contributed by atoms with Gasteiger partial charge < -0.3 is 9.73 Å². The van der Waals surface area contributed by atoms with Gasteiger partial charge in [-0.15, -0.1) is 0 Å². The SMILES string of the molecule is Cc1ccccc1[C@H](C)CNc1oc(-c2ccccc2)nc1C#N. The van der Waals surface area contributed by atoms with Gasteiger partial charge in [0.05, 0.1) is 0 Å². The van der Waals surface area contributed by atoms with Gasteiger partial charge in [-0.2, -0.15) is 10.2 Å². The lowest BCUT2D eigenvalue weighted by atomic mass is 9.96. The van der Waals surface area contributed by atoms with Crippen LogP contribution in [0, 0.1) is 18.3 Å². The normalized spacial score (nSPS) is 11.7. The fourth-order valence-electron chi connectivity index (χ4n) is 2.72. The zero-order chi connectivity index (χ0) is 16.9. The van der Waals surface area contributed by atoms with Crippen LogP contribution in [0.1, 0.15) is 29.7 Å². The van der Waals surface area contributed by atoms with Crippen molar-refractivity contribution in [2.45, 2.75) is 19.8 Å². The van der Waals surface area contributed by atoms with Gasteiger partial charge in [0.2, 0.25) is 17.5 Å². The van der Waals surface area contributed by atoms with Gasteiger partial charge in [-0.05, 0) is 36.1 Å². The Morgan fingerprint density at radius 1 is 1.12 bits per heavy atom. The highest BCUT2D eigenvalue weighted by atomic mass is 16.4. The van der Waals surface area contributed by atoms with E-state index in [0.717, 1.165) is 5.56 Å². The molecule has 0 saturated carbocycles. The number of anilines is 1. The summed E-state index contributed by atoms with van der Waals surface area (Å²) < 4.78 is 5.76. The zero-order valence-electron chi connectivity index (χ0n) is 13.8. The number of nitrogens with zero attached hydrogens (tertiary/aromatic N) is 2. The molecule has 120 valence electrons. The average molecular weight is 317 g/mol. The summed E-state index contributed by atoms with van der Waals surface area (Å²) in [6.07, 6.45) is 0. The third kappa shape index (κ3) is 3.31. The summed E-state index contributed by atoms with van der Waals surface area (Å²) in [5.74, 6) is 1.18. The molecule has 24 heavy (non-hydrogen) atoms. The van der Waals surface area contributed by atoms with Gasteiger partial charge in [0, 0.05) is 12.1 Å². The maximum absolute atomic E-state index is 9.29. The van der Waals surface area contributed by atoms with E-state index in [1.165, 1.54) is 11.1 Å². The molecule has 1 heterocycles. The van der Waals surface area contributed by atoms with Crippen molar-refractivity contribution in [2.24, 2.45) is 0 Å². The van der Waals surface area contributed by atoms with Crippen LogP contribution >= 0.6 is 0 Å². The number of benzene rings is 2. The predicted molar refractivity (Wildman–Crippen MR) is 94.7 cm³/mol. The first-order chi connectivity index (χ1) is 11.7. The van der Waals surface area contributed by atoms with Crippen LogP contribution < -0.4 is 5.32 Å². The molecule has 0 saturated heterocycles. The second-order valence-corrected chi connectivity index (χ2v) is 5.81. The number of hydrogen-bond acceptors (Lipinski definition) is 4. The quantitative estimate of drug-likeness (QED) is 0.738. The van der Waals surface area contributed by atoms with Crippen molar-refractivity contribution in [1.29, 1.82) is 5.26 Å². The maximum atomic E-state index is 9.29. The molecular formula is C20H19N3O. The van der Waals surface area contributed by atoms with Crippen LogP contribution in [-0.4, -0.2) is 11.5 Å². The van der Waals surface area contributed by atoms with Gasteiger partial charge in [-0.1, -0.05) is 49.4 Å². The summed E-state index contributed by atoms with van der Waals surface area (Å²) in [7, 11) is 0. The molecule has 0 radical (unpaired) electrons. The first-order valence-corrected chi connectivity index (χ1v) is 7.94. The highest BCUT2D eigenvalue weighted by Crippen LogP contribution is 2.26. The summed E-state index contributed by atoms with van der Waals surface area (Å²) in [6, 6.07) is 20.0. The van der Waals surface area contributed by atoms with Crippen molar-refractivity contribution >= 4 is 5.88 Å². The average Bonchev–Trinajstić information content (AvgIpc) is 3.04. The Hall–Kier alpha value is -3.06. The Morgan fingerprint density at radius 3 is 2.54 bits per heavy atom. The molecule has 1 atom stereocenters. The molecule has 0 aliphatic heterocycles. The molecule has 0 fully saturated rings. The van der Waals surface area contributed by atoms with E-state index in [4.69, 9.17) is 4.42 Å². The molecular weight excluding hydrogens is 298 g/mol. The Bertz CT molecular complexity index is 862. The van der Waals surface area contributed by atoms with E-state index in [2.05, 4.69) is 42.4 Å². The van der Waals surface area contributed by atoms with Gasteiger partial charge in [0.15, 0.2) is 0 Å². The molecule has 0 amide bonds. The molecule has 0 unspecified atom stereocenters. The number of oxazole rings is 1.